The van der Waals surface area contributed by atoms with Gasteiger partial charge in [0, 0.05) is 16.9 Å². The summed E-state index contributed by atoms with van der Waals surface area (Å²) >= 11 is 0. The maximum atomic E-state index is 11.7. The van der Waals surface area contributed by atoms with Crippen LogP contribution in [0.15, 0.2) is 30.3 Å². The molecule has 0 unspecified atom stereocenters. The zero-order valence-electron chi connectivity index (χ0n) is 8.29. The molecule has 0 saturated heterocycles. The van der Waals surface area contributed by atoms with Crippen LogP contribution in [0, 0.1) is 0 Å². The second-order valence-corrected chi connectivity index (χ2v) is 4.02. The minimum atomic E-state index is 0.00806. The van der Waals surface area contributed by atoms with E-state index in [0.717, 1.165) is 23.7 Å². The standard InChI is InChI=1S/C12H12N2O/c15-12(13-9-5-6-9)11-7-8-3-1-2-4-10(8)14-11/h1-4,7,9,14H,5-6H2,(H,13,15). The average molecular weight is 200 g/mol. The minimum absolute atomic E-state index is 0.00806. The summed E-state index contributed by atoms with van der Waals surface area (Å²) in [5.74, 6) is 0.00806. The number of rotatable bonds is 2. The average Bonchev–Trinajstić information content (AvgIpc) is 2.95. The summed E-state index contributed by atoms with van der Waals surface area (Å²) in [5.41, 5.74) is 1.67. The lowest BCUT2D eigenvalue weighted by Gasteiger charge is -1.98. The smallest absolute Gasteiger partial charge is 0.267 e. The molecule has 1 heterocycles. The van der Waals surface area contributed by atoms with Gasteiger partial charge in [0.15, 0.2) is 0 Å². The van der Waals surface area contributed by atoms with Gasteiger partial charge in [0.1, 0.15) is 5.69 Å². The zero-order chi connectivity index (χ0) is 10.3. The lowest BCUT2D eigenvalue weighted by molar-refractivity contribution is 0.0947. The lowest BCUT2D eigenvalue weighted by Crippen LogP contribution is -2.25. The topological polar surface area (TPSA) is 44.9 Å². The van der Waals surface area contributed by atoms with Crippen LogP contribution in [-0.2, 0) is 0 Å². The molecule has 3 heteroatoms. The Balaban J connectivity index is 1.92. The van der Waals surface area contributed by atoms with Gasteiger partial charge in [-0.2, -0.15) is 0 Å². The van der Waals surface area contributed by atoms with Crippen molar-refractivity contribution in [3.8, 4) is 0 Å². The quantitative estimate of drug-likeness (QED) is 0.765. The molecule has 1 amide bonds. The van der Waals surface area contributed by atoms with Gasteiger partial charge in [-0.15, -0.1) is 0 Å². The maximum absolute atomic E-state index is 11.7. The van der Waals surface area contributed by atoms with E-state index < -0.39 is 0 Å². The Morgan fingerprint density at radius 3 is 2.87 bits per heavy atom. The summed E-state index contributed by atoms with van der Waals surface area (Å²) in [4.78, 5) is 14.8. The molecule has 76 valence electrons. The summed E-state index contributed by atoms with van der Waals surface area (Å²) < 4.78 is 0. The molecule has 2 N–H and O–H groups in total. The molecule has 1 aromatic carbocycles. The lowest BCUT2D eigenvalue weighted by atomic mass is 10.2. The number of aromatic nitrogens is 1. The normalized spacial score (nSPS) is 15.5. The van der Waals surface area contributed by atoms with Crippen LogP contribution < -0.4 is 5.32 Å². The molecule has 1 fully saturated rings. The molecule has 15 heavy (non-hydrogen) atoms. The Labute approximate surface area is 87.5 Å². The van der Waals surface area contributed by atoms with Crippen molar-refractivity contribution in [2.24, 2.45) is 0 Å². The Morgan fingerprint density at radius 1 is 1.33 bits per heavy atom. The van der Waals surface area contributed by atoms with Gasteiger partial charge in [-0.25, -0.2) is 0 Å². The first-order valence-electron chi connectivity index (χ1n) is 5.21. The summed E-state index contributed by atoms with van der Waals surface area (Å²) in [6.07, 6.45) is 2.23. The molecule has 2 aromatic rings. The van der Waals surface area contributed by atoms with Gasteiger partial charge in [0.25, 0.3) is 5.91 Å². The number of benzene rings is 1. The van der Waals surface area contributed by atoms with Crippen LogP contribution in [0.2, 0.25) is 0 Å². The molecule has 0 radical (unpaired) electrons. The van der Waals surface area contributed by atoms with Crippen molar-refractivity contribution < 1.29 is 4.79 Å². The van der Waals surface area contributed by atoms with Gasteiger partial charge in [-0.1, -0.05) is 18.2 Å². The number of nitrogens with one attached hydrogen (secondary N) is 2. The van der Waals surface area contributed by atoms with E-state index in [1.807, 2.05) is 30.3 Å². The van der Waals surface area contributed by atoms with Crippen LogP contribution in [-0.4, -0.2) is 16.9 Å². The fraction of sp³-hybridized carbons (Fsp3) is 0.250. The summed E-state index contributed by atoms with van der Waals surface area (Å²) in [5, 5.41) is 4.04. The Hall–Kier alpha value is -1.77. The third-order valence-electron chi connectivity index (χ3n) is 2.69. The third kappa shape index (κ3) is 1.61. The van der Waals surface area contributed by atoms with E-state index in [9.17, 15) is 4.79 Å². The molecule has 1 aromatic heterocycles. The highest BCUT2D eigenvalue weighted by Gasteiger charge is 2.24. The molecule has 3 nitrogen and oxygen atoms in total. The Bertz CT molecular complexity index is 478. The van der Waals surface area contributed by atoms with E-state index in [0.29, 0.717) is 11.7 Å². The van der Waals surface area contributed by atoms with Gasteiger partial charge >= 0.3 is 0 Å². The summed E-state index contributed by atoms with van der Waals surface area (Å²) in [6, 6.07) is 10.2. The summed E-state index contributed by atoms with van der Waals surface area (Å²) in [7, 11) is 0. The third-order valence-corrected chi connectivity index (χ3v) is 2.69. The number of carbonyl (C=O) groups is 1. The predicted octanol–water partition coefficient (Wildman–Crippen LogP) is 2.06. The largest absolute Gasteiger partial charge is 0.351 e. The number of H-pyrrole nitrogens is 1. The number of fused-ring (bicyclic) bond motifs is 1. The minimum Gasteiger partial charge on any atom is -0.351 e. The van der Waals surface area contributed by atoms with Crippen LogP contribution >= 0.6 is 0 Å². The SMILES string of the molecule is O=C(NC1CC1)c1cc2ccccc2[nH]1. The van der Waals surface area contributed by atoms with Gasteiger partial charge in [-0.3, -0.25) is 4.79 Å². The van der Waals surface area contributed by atoms with Crippen LogP contribution in [0.4, 0.5) is 0 Å². The number of carbonyl (C=O) groups excluding carboxylic acids is 1. The van der Waals surface area contributed by atoms with Gasteiger partial charge in [0.2, 0.25) is 0 Å². The van der Waals surface area contributed by atoms with Crippen molar-refractivity contribution in [1.29, 1.82) is 0 Å². The van der Waals surface area contributed by atoms with Crippen molar-refractivity contribution in [3.05, 3.63) is 36.0 Å². The molecule has 1 aliphatic rings. The van der Waals surface area contributed by atoms with E-state index in [4.69, 9.17) is 0 Å². The van der Waals surface area contributed by atoms with Gasteiger partial charge in [0.05, 0.1) is 0 Å². The van der Waals surface area contributed by atoms with E-state index in [-0.39, 0.29) is 5.91 Å². The van der Waals surface area contributed by atoms with Crippen molar-refractivity contribution in [2.45, 2.75) is 18.9 Å². The van der Waals surface area contributed by atoms with E-state index in [2.05, 4.69) is 10.3 Å². The number of hydrogen-bond donors (Lipinski definition) is 2. The highest BCUT2D eigenvalue weighted by atomic mass is 16.2. The number of para-hydroxylation sites is 1. The Kier molecular flexibility index (Phi) is 1.78. The molecular formula is C12H12N2O. The number of amides is 1. The highest BCUT2D eigenvalue weighted by Crippen LogP contribution is 2.20. The second-order valence-electron chi connectivity index (χ2n) is 4.02. The first-order chi connectivity index (χ1) is 7.33. The van der Waals surface area contributed by atoms with Gasteiger partial charge in [-0.05, 0) is 25.0 Å². The Morgan fingerprint density at radius 2 is 2.13 bits per heavy atom. The molecule has 1 saturated carbocycles. The fourth-order valence-electron chi connectivity index (χ4n) is 1.69. The van der Waals surface area contributed by atoms with Crippen LogP contribution in [0.3, 0.4) is 0 Å². The van der Waals surface area contributed by atoms with Crippen LogP contribution in [0.25, 0.3) is 10.9 Å². The molecule has 0 bridgehead atoms. The van der Waals surface area contributed by atoms with Crippen molar-refractivity contribution in [3.63, 3.8) is 0 Å². The molecular weight excluding hydrogens is 188 g/mol. The molecule has 0 atom stereocenters. The second kappa shape index (κ2) is 3.12. The molecule has 0 spiro atoms. The first kappa shape index (κ1) is 8.53. The maximum Gasteiger partial charge on any atom is 0.267 e. The molecule has 3 rings (SSSR count). The predicted molar refractivity (Wildman–Crippen MR) is 58.8 cm³/mol. The number of aromatic amines is 1. The fourth-order valence-corrected chi connectivity index (χ4v) is 1.69. The summed E-state index contributed by atoms with van der Waals surface area (Å²) in [6.45, 7) is 0. The van der Waals surface area contributed by atoms with Crippen molar-refractivity contribution >= 4 is 16.8 Å². The molecule has 1 aliphatic carbocycles. The monoisotopic (exact) mass is 200 g/mol. The van der Waals surface area contributed by atoms with E-state index >= 15 is 0 Å². The van der Waals surface area contributed by atoms with Crippen LogP contribution in [0.5, 0.6) is 0 Å². The highest BCUT2D eigenvalue weighted by molar-refractivity contribution is 5.98. The first-order valence-corrected chi connectivity index (χ1v) is 5.21. The van der Waals surface area contributed by atoms with Crippen molar-refractivity contribution in [1.82, 2.24) is 10.3 Å². The molecule has 0 aliphatic heterocycles. The van der Waals surface area contributed by atoms with Crippen LogP contribution in [0.1, 0.15) is 23.3 Å². The zero-order valence-corrected chi connectivity index (χ0v) is 8.29. The van der Waals surface area contributed by atoms with E-state index in [1.54, 1.807) is 0 Å². The van der Waals surface area contributed by atoms with Gasteiger partial charge < -0.3 is 10.3 Å². The van der Waals surface area contributed by atoms with E-state index in [1.165, 1.54) is 0 Å². The van der Waals surface area contributed by atoms with Crippen molar-refractivity contribution in [2.75, 3.05) is 0 Å². The number of hydrogen-bond acceptors (Lipinski definition) is 1.